The molecule has 4 N–H and O–H groups in total. The number of benzene rings is 2. The van der Waals surface area contributed by atoms with Crippen LogP contribution in [0.1, 0.15) is 80.4 Å². The molecule has 20 heteroatoms. The van der Waals surface area contributed by atoms with Gasteiger partial charge in [0, 0.05) is 20.6 Å². The average molecular weight is 927 g/mol. The van der Waals surface area contributed by atoms with Crippen LogP contribution in [-0.2, 0) is 70.1 Å². The van der Waals surface area contributed by atoms with Crippen molar-refractivity contribution in [2.45, 2.75) is 126 Å². The fourth-order valence-electron chi connectivity index (χ4n) is 7.76. The summed E-state index contributed by atoms with van der Waals surface area (Å²) < 4.78 is 19.0. The van der Waals surface area contributed by atoms with Crippen LogP contribution in [0, 0.1) is 10.8 Å². The number of esters is 4. The highest BCUT2D eigenvalue weighted by atomic mass is 32.2. The first-order chi connectivity index (χ1) is 29.6. The summed E-state index contributed by atoms with van der Waals surface area (Å²) in [5.41, 5.74) is -0.402. The molecule has 0 saturated carbocycles. The zero-order valence-electron chi connectivity index (χ0n) is 37.3. The molecular weight excluding hydrogens is 873 g/mol. The van der Waals surface area contributed by atoms with Crippen LogP contribution in [0.15, 0.2) is 36.4 Å². The number of amides is 4. The lowest BCUT2D eigenvalue weighted by Crippen LogP contribution is -2.70. The van der Waals surface area contributed by atoms with E-state index in [2.05, 4.69) is 10.6 Å². The van der Waals surface area contributed by atoms with Crippen molar-refractivity contribution in [1.82, 2.24) is 20.4 Å². The lowest BCUT2D eigenvalue weighted by atomic mass is 9.95. The van der Waals surface area contributed by atoms with E-state index in [0.29, 0.717) is 11.1 Å². The number of rotatable bonds is 13. The number of hydrogen-bond donors (Lipinski definition) is 4. The van der Waals surface area contributed by atoms with E-state index in [0.717, 1.165) is 0 Å². The van der Waals surface area contributed by atoms with Crippen molar-refractivity contribution < 1.29 is 67.5 Å². The topological polar surface area (TPSA) is 244 Å². The zero-order valence-corrected chi connectivity index (χ0v) is 38.9. The Morgan fingerprint density at radius 2 is 0.953 bits per heavy atom. The number of nitrogens with one attached hydrogen (secondary N) is 2. The number of phenolic OH excluding ortho intramolecular Hbond substituents is 2. The molecule has 0 unspecified atom stereocenters. The number of phenols is 2. The molecule has 0 bridgehead atoms. The molecule has 2 aromatic carbocycles. The Morgan fingerprint density at radius 3 is 1.28 bits per heavy atom. The average Bonchev–Trinajstić information content (AvgIpc) is 3.60. The molecule has 6 rings (SSSR count). The van der Waals surface area contributed by atoms with E-state index < -0.39 is 116 Å². The summed E-state index contributed by atoms with van der Waals surface area (Å²) in [7, 11) is 0. The number of hydrogen-bond acceptors (Lipinski definition) is 16. The van der Waals surface area contributed by atoms with E-state index in [1.807, 2.05) is 0 Å². The van der Waals surface area contributed by atoms with E-state index in [-0.39, 0.29) is 35.5 Å². The molecule has 4 amide bonds. The number of thioether (sulfide) groups is 2. The van der Waals surface area contributed by atoms with Gasteiger partial charge >= 0.3 is 23.9 Å². The molecule has 0 radical (unpaired) electrons. The third kappa shape index (κ3) is 9.62. The lowest BCUT2D eigenvalue weighted by molar-refractivity contribution is -0.181. The highest BCUT2D eigenvalue weighted by Gasteiger charge is 2.65. The number of aromatic hydroxyl groups is 2. The van der Waals surface area contributed by atoms with Gasteiger partial charge in [0.25, 0.3) is 0 Å². The molecule has 0 aliphatic carbocycles. The van der Waals surface area contributed by atoms with E-state index >= 15 is 0 Å². The SMILES string of the molecule is CC(C)(C)C(=O)OCOC(=O)[C@@H]1N2C(=O)[C@@H](NC(=O)Cc3ccc(O)c(-c4cc(CC(=O)N[C@@H]5C(=O)N6[C@@H]5SC(C)(C)[C@@H]6C(=O)OCOC(=O)C(C)(C)C)ccc4O)c3)[C@H]2SC1(C)C. The summed E-state index contributed by atoms with van der Waals surface area (Å²) in [5.74, 6) is -5.01. The standard InChI is InChI=1S/C44H54N4O14S2/c1-41(2,3)39(57)61-19-59-37(55)31-43(7,8)63-35-29(33(53)47(31)35)45-27(51)17-21-11-13-25(49)23(15-21)24-16-22(12-14-26(24)50)18-28(52)46-30-34(54)48-32(44(9,10)64-36(30)48)38(56)60-20-62-40(58)42(4,5)6/h11-16,29-32,35-36,49-50H,17-20H2,1-10H3,(H,45,51)(H,46,52)/t29-,30-,31+,32+,35-,36-/m1/s1. The molecule has 4 heterocycles. The van der Waals surface area contributed by atoms with Gasteiger partial charge in [0.2, 0.25) is 37.2 Å². The Labute approximate surface area is 378 Å². The predicted octanol–water partition coefficient (Wildman–Crippen LogP) is 3.12. The van der Waals surface area contributed by atoms with Crippen LogP contribution in [0.5, 0.6) is 11.5 Å². The number of ether oxygens (including phenoxy) is 4. The molecule has 346 valence electrons. The number of nitrogens with zero attached hydrogens (tertiary/aromatic N) is 2. The summed E-state index contributed by atoms with van der Waals surface area (Å²) >= 11 is 2.65. The van der Waals surface area contributed by atoms with Gasteiger partial charge in [-0.05, 0) is 105 Å². The van der Waals surface area contributed by atoms with Crippen molar-refractivity contribution in [2.24, 2.45) is 10.8 Å². The van der Waals surface area contributed by atoms with E-state index in [1.165, 1.54) is 69.7 Å². The van der Waals surface area contributed by atoms with Gasteiger partial charge in [0.15, 0.2) is 0 Å². The van der Waals surface area contributed by atoms with E-state index in [1.54, 1.807) is 69.2 Å². The molecule has 4 aliphatic rings. The number of carbonyl (C=O) groups is 8. The van der Waals surface area contributed by atoms with Crippen molar-refractivity contribution in [3.05, 3.63) is 47.5 Å². The summed E-state index contributed by atoms with van der Waals surface area (Å²) in [6.07, 6.45) is -0.423. The molecule has 64 heavy (non-hydrogen) atoms. The number of fused-ring (bicyclic) bond motifs is 2. The maximum atomic E-state index is 13.3. The van der Waals surface area contributed by atoms with Gasteiger partial charge in [-0.3, -0.25) is 28.8 Å². The first-order valence-corrected chi connectivity index (χ1v) is 22.3. The van der Waals surface area contributed by atoms with Crippen LogP contribution in [-0.4, -0.2) is 126 Å². The summed E-state index contributed by atoms with van der Waals surface area (Å²) in [5, 5.41) is 26.1. The third-order valence-corrected chi connectivity index (χ3v) is 14.3. The van der Waals surface area contributed by atoms with Gasteiger partial charge in [-0.2, -0.15) is 0 Å². The Bertz CT molecular complexity index is 2130. The molecule has 0 spiro atoms. The Balaban J connectivity index is 1.04. The minimum atomic E-state index is -0.985. The second kappa shape index (κ2) is 17.5. The van der Waals surface area contributed by atoms with Crippen LogP contribution in [0.25, 0.3) is 11.1 Å². The summed E-state index contributed by atoms with van der Waals surface area (Å²) in [6, 6.07) is 4.92. The van der Waals surface area contributed by atoms with Gasteiger partial charge < -0.3 is 49.6 Å². The lowest BCUT2D eigenvalue weighted by Gasteiger charge is -2.43. The van der Waals surface area contributed by atoms with E-state index in [4.69, 9.17) is 18.9 Å². The molecule has 6 atom stereocenters. The Hall–Kier alpha value is -5.50. The van der Waals surface area contributed by atoms with Crippen LogP contribution < -0.4 is 10.6 Å². The predicted molar refractivity (Wildman–Crippen MR) is 232 cm³/mol. The molecule has 4 saturated heterocycles. The number of β-lactam (4-membered cyclic amide) rings is 2. The molecule has 2 aromatic rings. The minimum Gasteiger partial charge on any atom is -0.507 e. The summed E-state index contributed by atoms with van der Waals surface area (Å²) in [4.78, 5) is 106. The normalized spacial score (nSPS) is 24.0. The first kappa shape index (κ1) is 48.0. The van der Waals surface area contributed by atoms with Crippen molar-refractivity contribution >= 4 is 71.0 Å². The van der Waals surface area contributed by atoms with Crippen LogP contribution in [0.3, 0.4) is 0 Å². The maximum absolute atomic E-state index is 13.3. The zero-order chi connectivity index (χ0) is 47.4. The monoisotopic (exact) mass is 926 g/mol. The van der Waals surface area contributed by atoms with Gasteiger partial charge in [-0.1, -0.05) is 12.1 Å². The fourth-order valence-corrected chi connectivity index (χ4v) is 11.0. The molecule has 4 fully saturated rings. The Kier molecular flexibility index (Phi) is 13.1. The highest BCUT2D eigenvalue weighted by molar-refractivity contribution is 8.02. The largest absolute Gasteiger partial charge is 0.507 e. The second-order valence-corrected chi connectivity index (χ2v) is 22.7. The maximum Gasteiger partial charge on any atom is 0.333 e. The fraction of sp³-hybridized carbons (Fsp3) is 0.545. The Morgan fingerprint density at radius 1 is 0.609 bits per heavy atom. The van der Waals surface area contributed by atoms with Gasteiger partial charge in [-0.15, -0.1) is 23.5 Å². The number of carbonyl (C=O) groups excluding carboxylic acids is 8. The molecule has 4 aliphatic heterocycles. The van der Waals surface area contributed by atoms with Crippen molar-refractivity contribution in [3.8, 4) is 22.6 Å². The smallest absolute Gasteiger partial charge is 0.333 e. The minimum absolute atomic E-state index is 0.166. The van der Waals surface area contributed by atoms with Gasteiger partial charge in [0.1, 0.15) is 46.4 Å². The third-order valence-electron chi connectivity index (χ3n) is 11.1. The summed E-state index contributed by atoms with van der Waals surface area (Å²) in [6.45, 7) is 15.9. The second-order valence-electron chi connectivity index (χ2n) is 19.2. The van der Waals surface area contributed by atoms with Gasteiger partial charge in [0.05, 0.1) is 23.7 Å². The highest BCUT2D eigenvalue weighted by Crippen LogP contribution is 2.52. The van der Waals surface area contributed by atoms with Crippen molar-refractivity contribution in [2.75, 3.05) is 13.6 Å². The van der Waals surface area contributed by atoms with E-state index in [9.17, 15) is 48.6 Å². The van der Waals surface area contributed by atoms with Crippen LogP contribution in [0.2, 0.25) is 0 Å². The van der Waals surface area contributed by atoms with Crippen LogP contribution in [0.4, 0.5) is 0 Å². The molecule has 0 aromatic heterocycles. The van der Waals surface area contributed by atoms with Crippen LogP contribution >= 0.6 is 23.5 Å². The molecular formula is C44H54N4O14S2. The van der Waals surface area contributed by atoms with Gasteiger partial charge in [-0.25, -0.2) is 9.59 Å². The molecule has 18 nitrogen and oxygen atoms in total. The first-order valence-electron chi connectivity index (χ1n) is 20.5. The van der Waals surface area contributed by atoms with Crippen molar-refractivity contribution in [1.29, 1.82) is 0 Å². The van der Waals surface area contributed by atoms with Crippen molar-refractivity contribution in [3.63, 3.8) is 0 Å². The quantitative estimate of drug-likeness (QED) is 0.128.